The van der Waals surface area contributed by atoms with Crippen molar-refractivity contribution in [3.05, 3.63) is 95.0 Å². The van der Waals surface area contributed by atoms with E-state index in [0.29, 0.717) is 5.75 Å². The Bertz CT molecular complexity index is 1420. The van der Waals surface area contributed by atoms with Crippen LogP contribution in [0.15, 0.2) is 89.4 Å². The van der Waals surface area contributed by atoms with Crippen molar-refractivity contribution in [2.45, 2.75) is 0 Å². The molecule has 0 aliphatic heterocycles. The second-order valence-electron chi connectivity index (χ2n) is 7.28. The summed E-state index contributed by atoms with van der Waals surface area (Å²) in [6.07, 6.45) is 3.10. The molecule has 0 radical (unpaired) electrons. The first-order chi connectivity index (χ1) is 16.5. The molecule has 3 N–H and O–H groups in total. The van der Waals surface area contributed by atoms with E-state index in [1.165, 1.54) is 6.08 Å². The molecule has 4 rings (SSSR count). The molecular formula is C26H20BrN3O3S. The van der Waals surface area contributed by atoms with Gasteiger partial charge in [0.15, 0.2) is 11.7 Å². The van der Waals surface area contributed by atoms with Gasteiger partial charge in [-0.25, -0.2) is 0 Å². The van der Waals surface area contributed by atoms with E-state index in [4.69, 9.17) is 17.0 Å². The maximum atomic E-state index is 12.2. The molecule has 34 heavy (non-hydrogen) atoms. The molecule has 4 aromatic carbocycles. The molecule has 0 heterocycles. The molecule has 0 aliphatic carbocycles. The van der Waals surface area contributed by atoms with Crippen molar-refractivity contribution in [2.75, 3.05) is 6.61 Å². The summed E-state index contributed by atoms with van der Waals surface area (Å²) in [5.74, 6) is -0.331. The van der Waals surface area contributed by atoms with Gasteiger partial charge in [0.2, 0.25) is 5.91 Å². The highest BCUT2D eigenvalue weighted by atomic mass is 79.9. The number of carbonyl (C=O) groups is 2. The molecule has 0 spiro atoms. The van der Waals surface area contributed by atoms with Gasteiger partial charge in [-0.3, -0.25) is 25.8 Å². The van der Waals surface area contributed by atoms with Gasteiger partial charge in [0.1, 0.15) is 5.75 Å². The molecule has 8 heteroatoms. The minimum atomic E-state index is -0.456. The number of carbonyl (C=O) groups excluding carboxylic acids is 2. The minimum absolute atomic E-state index is 0.0344. The summed E-state index contributed by atoms with van der Waals surface area (Å²) >= 11 is 8.59. The van der Waals surface area contributed by atoms with Crippen LogP contribution in [0, 0.1) is 0 Å². The van der Waals surface area contributed by atoms with Crippen molar-refractivity contribution >= 4 is 72.7 Å². The van der Waals surface area contributed by atoms with Gasteiger partial charge in [0, 0.05) is 6.08 Å². The van der Waals surface area contributed by atoms with Crippen LogP contribution in [0.4, 0.5) is 0 Å². The van der Waals surface area contributed by atoms with Crippen LogP contribution in [0.25, 0.3) is 27.6 Å². The van der Waals surface area contributed by atoms with E-state index < -0.39 is 11.8 Å². The van der Waals surface area contributed by atoms with E-state index in [1.807, 2.05) is 72.8 Å². The molecule has 0 unspecified atom stereocenters. The Hall–Kier alpha value is -3.75. The fourth-order valence-electron chi connectivity index (χ4n) is 3.38. The molecule has 170 valence electrons. The number of ether oxygens (including phenoxy) is 1. The lowest BCUT2D eigenvalue weighted by Gasteiger charge is -2.12. The Morgan fingerprint density at radius 1 is 0.853 bits per heavy atom. The van der Waals surface area contributed by atoms with Crippen LogP contribution >= 0.6 is 28.1 Å². The SMILES string of the molecule is O=C(/C=C/c1cccc2ccccc12)NC(=S)NNC(=O)COc1ccc2ccccc2c1Br. The quantitative estimate of drug-likeness (QED) is 0.194. The zero-order valence-electron chi connectivity index (χ0n) is 17.9. The molecular weight excluding hydrogens is 514 g/mol. The molecule has 0 bridgehead atoms. The van der Waals surface area contributed by atoms with Gasteiger partial charge in [0.05, 0.1) is 4.47 Å². The number of nitrogens with one attached hydrogen (secondary N) is 3. The molecule has 0 aromatic heterocycles. The van der Waals surface area contributed by atoms with Crippen molar-refractivity contribution in [3.63, 3.8) is 0 Å². The standard InChI is InChI=1S/C26H20BrN3O3S/c27-25-21-11-4-2-7-19(21)12-14-22(25)33-16-24(32)29-30-26(34)28-23(31)15-13-18-9-5-8-17-6-1-3-10-20(17)18/h1-15H,16H2,(H,29,32)(H2,28,30,31,34)/b15-13+. The predicted molar refractivity (Wildman–Crippen MR) is 142 cm³/mol. The average molecular weight is 534 g/mol. The zero-order valence-corrected chi connectivity index (χ0v) is 20.3. The number of hydrazine groups is 1. The topological polar surface area (TPSA) is 79.5 Å². The predicted octanol–water partition coefficient (Wildman–Crippen LogP) is 4.87. The second-order valence-corrected chi connectivity index (χ2v) is 8.48. The Balaban J connectivity index is 1.25. The van der Waals surface area contributed by atoms with E-state index in [0.717, 1.165) is 31.6 Å². The number of thiocarbonyl (C=S) groups is 1. The first kappa shape index (κ1) is 23.4. The van der Waals surface area contributed by atoms with E-state index in [9.17, 15) is 9.59 Å². The van der Waals surface area contributed by atoms with Gasteiger partial charge in [-0.1, -0.05) is 72.8 Å². The molecule has 0 aliphatic rings. The third kappa shape index (κ3) is 5.78. The smallest absolute Gasteiger partial charge is 0.276 e. The number of hydrogen-bond acceptors (Lipinski definition) is 4. The fourth-order valence-corrected chi connectivity index (χ4v) is 4.14. The summed E-state index contributed by atoms with van der Waals surface area (Å²) in [6.45, 7) is -0.235. The average Bonchev–Trinajstić information content (AvgIpc) is 2.86. The molecule has 4 aromatic rings. The summed E-state index contributed by atoms with van der Waals surface area (Å²) in [5, 5.41) is 6.63. The maximum absolute atomic E-state index is 12.2. The van der Waals surface area contributed by atoms with Crippen LogP contribution in [0.3, 0.4) is 0 Å². The monoisotopic (exact) mass is 533 g/mol. The molecule has 0 saturated heterocycles. The number of benzene rings is 4. The van der Waals surface area contributed by atoms with Crippen molar-refractivity contribution < 1.29 is 14.3 Å². The Labute approximate surface area is 210 Å². The van der Waals surface area contributed by atoms with Gasteiger partial charge in [-0.2, -0.15) is 0 Å². The second kappa shape index (κ2) is 10.9. The summed E-state index contributed by atoms with van der Waals surface area (Å²) in [5.41, 5.74) is 5.81. The Morgan fingerprint density at radius 3 is 2.32 bits per heavy atom. The lowest BCUT2D eigenvalue weighted by molar-refractivity contribution is -0.123. The van der Waals surface area contributed by atoms with Crippen molar-refractivity contribution in [1.29, 1.82) is 0 Å². The Kier molecular flexibility index (Phi) is 7.51. The highest BCUT2D eigenvalue weighted by Gasteiger charge is 2.09. The largest absolute Gasteiger partial charge is 0.483 e. The normalized spacial score (nSPS) is 10.9. The number of halogens is 1. The first-order valence-corrected chi connectivity index (χ1v) is 11.6. The molecule has 2 amide bonds. The van der Waals surface area contributed by atoms with Gasteiger partial charge >= 0.3 is 0 Å². The van der Waals surface area contributed by atoms with E-state index in [1.54, 1.807) is 12.1 Å². The third-order valence-corrected chi connectivity index (χ3v) is 6.00. The summed E-state index contributed by atoms with van der Waals surface area (Å²) in [7, 11) is 0. The summed E-state index contributed by atoms with van der Waals surface area (Å²) in [4.78, 5) is 24.3. The van der Waals surface area contributed by atoms with E-state index in [2.05, 4.69) is 32.1 Å². The zero-order chi connectivity index (χ0) is 23.9. The third-order valence-electron chi connectivity index (χ3n) is 4.98. The maximum Gasteiger partial charge on any atom is 0.276 e. The van der Waals surface area contributed by atoms with Gasteiger partial charge in [-0.05, 0) is 67.4 Å². The fraction of sp³-hybridized carbons (Fsp3) is 0.0385. The van der Waals surface area contributed by atoms with Crippen LogP contribution in [0.5, 0.6) is 5.75 Å². The van der Waals surface area contributed by atoms with Crippen LogP contribution in [-0.4, -0.2) is 23.5 Å². The Morgan fingerprint density at radius 2 is 1.53 bits per heavy atom. The van der Waals surface area contributed by atoms with E-state index in [-0.39, 0.29) is 11.7 Å². The van der Waals surface area contributed by atoms with Crippen LogP contribution in [-0.2, 0) is 9.59 Å². The lowest BCUT2D eigenvalue weighted by atomic mass is 10.0. The van der Waals surface area contributed by atoms with Crippen molar-refractivity contribution in [3.8, 4) is 5.75 Å². The van der Waals surface area contributed by atoms with Gasteiger partial charge < -0.3 is 4.74 Å². The van der Waals surface area contributed by atoms with Crippen LogP contribution < -0.4 is 20.9 Å². The number of amides is 2. The highest BCUT2D eigenvalue weighted by Crippen LogP contribution is 2.32. The molecule has 6 nitrogen and oxygen atoms in total. The number of hydrogen-bond donors (Lipinski definition) is 3. The molecule has 0 fully saturated rings. The van der Waals surface area contributed by atoms with Crippen molar-refractivity contribution in [2.24, 2.45) is 0 Å². The van der Waals surface area contributed by atoms with Gasteiger partial charge in [0.25, 0.3) is 5.91 Å². The minimum Gasteiger partial charge on any atom is -0.483 e. The highest BCUT2D eigenvalue weighted by molar-refractivity contribution is 9.10. The molecule has 0 atom stereocenters. The van der Waals surface area contributed by atoms with Crippen LogP contribution in [0.2, 0.25) is 0 Å². The summed E-state index contributed by atoms with van der Waals surface area (Å²) in [6, 6.07) is 25.3. The molecule has 0 saturated carbocycles. The van der Waals surface area contributed by atoms with E-state index >= 15 is 0 Å². The number of rotatable bonds is 5. The van der Waals surface area contributed by atoms with Crippen molar-refractivity contribution in [1.82, 2.24) is 16.2 Å². The van der Waals surface area contributed by atoms with Crippen LogP contribution in [0.1, 0.15) is 5.56 Å². The first-order valence-electron chi connectivity index (χ1n) is 10.4. The van der Waals surface area contributed by atoms with Gasteiger partial charge in [-0.15, -0.1) is 0 Å². The lowest BCUT2D eigenvalue weighted by Crippen LogP contribution is -2.49. The summed E-state index contributed by atoms with van der Waals surface area (Å²) < 4.78 is 6.37. The number of fused-ring (bicyclic) bond motifs is 2.